The van der Waals surface area contributed by atoms with Gasteiger partial charge >= 0.3 is 0 Å². The Balaban J connectivity index is 1.93. The molecular weight excluding hydrogens is 262 g/mol. The van der Waals surface area contributed by atoms with Crippen LogP contribution in [0.3, 0.4) is 0 Å². The first-order valence-electron chi connectivity index (χ1n) is 6.01. The molecule has 0 amide bonds. The summed E-state index contributed by atoms with van der Waals surface area (Å²) in [5.41, 5.74) is 1.17. The molecule has 2 aromatic heterocycles. The van der Waals surface area contributed by atoms with E-state index < -0.39 is 0 Å². The van der Waals surface area contributed by atoms with Gasteiger partial charge in [-0.2, -0.15) is 0 Å². The van der Waals surface area contributed by atoms with Gasteiger partial charge in [0.2, 0.25) is 0 Å². The number of hydrogen-bond acceptors (Lipinski definition) is 4. The van der Waals surface area contributed by atoms with Crippen molar-refractivity contribution < 1.29 is 0 Å². The zero-order chi connectivity index (χ0) is 12.5. The third kappa shape index (κ3) is 2.37. The van der Waals surface area contributed by atoms with Crippen molar-refractivity contribution in [3.63, 3.8) is 0 Å². The van der Waals surface area contributed by atoms with Crippen molar-refractivity contribution in [1.29, 1.82) is 0 Å². The smallest absolute Gasteiger partial charge is 0.192 e. The number of aromatic nitrogens is 3. The maximum Gasteiger partial charge on any atom is 0.192 e. The van der Waals surface area contributed by atoms with E-state index in [1.165, 1.54) is 23.3 Å². The summed E-state index contributed by atoms with van der Waals surface area (Å²) in [6, 6.07) is 4.78. The number of hydrogen-bond donors (Lipinski definition) is 0. The molecule has 0 bridgehead atoms. The van der Waals surface area contributed by atoms with E-state index in [1.54, 1.807) is 23.1 Å². The first-order valence-corrected chi connectivity index (χ1v) is 7.88. The molecule has 0 spiro atoms. The first kappa shape index (κ1) is 12.0. The molecule has 2 aromatic rings. The molecule has 0 aromatic carbocycles. The van der Waals surface area contributed by atoms with Gasteiger partial charge in [0.1, 0.15) is 0 Å². The molecule has 5 heteroatoms. The Hall–Kier alpha value is -1.07. The summed E-state index contributed by atoms with van der Waals surface area (Å²) < 4.78 is 2.31. The fourth-order valence-corrected chi connectivity index (χ4v) is 3.35. The van der Waals surface area contributed by atoms with E-state index in [9.17, 15) is 0 Å². The monoisotopic (exact) mass is 277 g/mol. The third-order valence-corrected chi connectivity index (χ3v) is 4.81. The fraction of sp³-hybridized carbons (Fsp3) is 0.385. The number of rotatable bonds is 5. The molecule has 1 aliphatic carbocycles. The molecule has 0 unspecified atom stereocenters. The van der Waals surface area contributed by atoms with Crippen molar-refractivity contribution in [2.75, 3.05) is 5.75 Å². The van der Waals surface area contributed by atoms with Gasteiger partial charge in [0, 0.05) is 11.8 Å². The Morgan fingerprint density at radius 1 is 1.56 bits per heavy atom. The SMILES string of the molecule is C=C(C)CSc1nnc(-c2cccs2)n1C1CC1. The molecule has 1 fully saturated rings. The minimum absolute atomic E-state index is 0.602. The Morgan fingerprint density at radius 2 is 2.39 bits per heavy atom. The van der Waals surface area contributed by atoms with Crippen LogP contribution in [0.5, 0.6) is 0 Å². The predicted octanol–water partition coefficient (Wildman–Crippen LogP) is 4.01. The second-order valence-electron chi connectivity index (χ2n) is 4.63. The van der Waals surface area contributed by atoms with E-state index in [-0.39, 0.29) is 0 Å². The van der Waals surface area contributed by atoms with Crippen LogP contribution in [0, 0.1) is 0 Å². The van der Waals surface area contributed by atoms with Crippen molar-refractivity contribution in [2.24, 2.45) is 0 Å². The second kappa shape index (κ2) is 4.90. The zero-order valence-corrected chi connectivity index (χ0v) is 11.9. The molecule has 0 atom stereocenters. The summed E-state index contributed by atoms with van der Waals surface area (Å²) in [4.78, 5) is 1.21. The molecule has 0 radical (unpaired) electrons. The van der Waals surface area contributed by atoms with Gasteiger partial charge in [-0.1, -0.05) is 30.0 Å². The van der Waals surface area contributed by atoms with Crippen LogP contribution >= 0.6 is 23.1 Å². The minimum Gasteiger partial charge on any atom is -0.298 e. The maximum atomic E-state index is 4.37. The average molecular weight is 277 g/mol. The van der Waals surface area contributed by atoms with Crippen molar-refractivity contribution in [3.05, 3.63) is 29.7 Å². The highest BCUT2D eigenvalue weighted by molar-refractivity contribution is 7.99. The summed E-state index contributed by atoms with van der Waals surface area (Å²) in [6.07, 6.45) is 2.49. The molecule has 3 rings (SSSR count). The number of nitrogens with zero attached hydrogens (tertiary/aromatic N) is 3. The van der Waals surface area contributed by atoms with Crippen molar-refractivity contribution in [1.82, 2.24) is 14.8 Å². The molecule has 2 heterocycles. The van der Waals surface area contributed by atoms with Crippen LogP contribution in [0.15, 0.2) is 34.8 Å². The minimum atomic E-state index is 0.602. The van der Waals surface area contributed by atoms with Crippen molar-refractivity contribution >= 4 is 23.1 Å². The van der Waals surface area contributed by atoms with Crippen molar-refractivity contribution in [3.8, 4) is 10.7 Å². The van der Waals surface area contributed by atoms with Crippen LogP contribution in [-0.4, -0.2) is 20.5 Å². The van der Waals surface area contributed by atoms with E-state index in [0.29, 0.717) is 6.04 Å². The van der Waals surface area contributed by atoms with Crippen LogP contribution in [0.4, 0.5) is 0 Å². The second-order valence-corrected chi connectivity index (χ2v) is 6.52. The van der Waals surface area contributed by atoms with Gasteiger partial charge in [-0.15, -0.1) is 21.5 Å². The topological polar surface area (TPSA) is 30.7 Å². The van der Waals surface area contributed by atoms with Gasteiger partial charge in [-0.25, -0.2) is 0 Å². The van der Waals surface area contributed by atoms with Gasteiger partial charge < -0.3 is 0 Å². The first-order chi connectivity index (χ1) is 8.75. The molecule has 0 N–H and O–H groups in total. The highest BCUT2D eigenvalue weighted by Crippen LogP contribution is 2.41. The predicted molar refractivity (Wildman–Crippen MR) is 77.1 cm³/mol. The summed E-state index contributed by atoms with van der Waals surface area (Å²) in [7, 11) is 0. The van der Waals surface area contributed by atoms with E-state index in [2.05, 4.69) is 38.9 Å². The van der Waals surface area contributed by atoms with Gasteiger partial charge in [0.15, 0.2) is 11.0 Å². The highest BCUT2D eigenvalue weighted by Gasteiger charge is 2.30. The van der Waals surface area contributed by atoms with Gasteiger partial charge in [-0.3, -0.25) is 4.57 Å². The molecule has 3 nitrogen and oxygen atoms in total. The molecule has 94 valence electrons. The normalized spacial score (nSPS) is 14.9. The van der Waals surface area contributed by atoms with Crippen LogP contribution in [0.25, 0.3) is 10.7 Å². The average Bonchev–Trinajstić information content (AvgIpc) is 2.90. The summed E-state index contributed by atoms with van der Waals surface area (Å²) >= 11 is 3.46. The Kier molecular flexibility index (Phi) is 3.26. The standard InChI is InChI=1S/C13H15N3S2/c1-9(2)8-18-13-15-14-12(11-4-3-7-17-11)16(13)10-5-6-10/h3-4,7,10H,1,5-6,8H2,2H3. The Bertz CT molecular complexity index is 553. The lowest BCUT2D eigenvalue weighted by atomic mass is 10.4. The van der Waals surface area contributed by atoms with Crippen LogP contribution in [-0.2, 0) is 0 Å². The van der Waals surface area contributed by atoms with Gasteiger partial charge in [-0.05, 0) is 31.2 Å². The Morgan fingerprint density at radius 3 is 3.00 bits per heavy atom. The molecule has 0 saturated heterocycles. The van der Waals surface area contributed by atoms with E-state index in [4.69, 9.17) is 0 Å². The van der Waals surface area contributed by atoms with E-state index in [1.807, 2.05) is 6.92 Å². The number of thioether (sulfide) groups is 1. The number of thiophene rings is 1. The highest BCUT2D eigenvalue weighted by atomic mass is 32.2. The molecule has 1 saturated carbocycles. The Labute approximate surface area is 115 Å². The largest absolute Gasteiger partial charge is 0.298 e. The lowest BCUT2D eigenvalue weighted by Gasteiger charge is -2.07. The molecule has 0 aliphatic heterocycles. The van der Waals surface area contributed by atoms with Gasteiger partial charge in [0.25, 0.3) is 0 Å². The van der Waals surface area contributed by atoms with Crippen molar-refractivity contribution in [2.45, 2.75) is 31.0 Å². The van der Waals surface area contributed by atoms with Gasteiger partial charge in [0.05, 0.1) is 4.88 Å². The summed E-state index contributed by atoms with van der Waals surface area (Å²) in [6.45, 7) is 5.99. The lowest BCUT2D eigenvalue weighted by Crippen LogP contribution is -1.99. The molecule has 18 heavy (non-hydrogen) atoms. The summed E-state index contributed by atoms with van der Waals surface area (Å²) in [5.74, 6) is 1.94. The van der Waals surface area contributed by atoms with E-state index in [0.717, 1.165) is 16.7 Å². The molecule has 1 aliphatic rings. The third-order valence-electron chi connectivity index (χ3n) is 2.77. The maximum absolute atomic E-state index is 4.37. The van der Waals surface area contributed by atoms with Crippen LogP contribution in [0.1, 0.15) is 25.8 Å². The van der Waals surface area contributed by atoms with E-state index >= 15 is 0 Å². The quantitative estimate of drug-likeness (QED) is 0.611. The lowest BCUT2D eigenvalue weighted by molar-refractivity contribution is 0.670. The zero-order valence-electron chi connectivity index (χ0n) is 10.3. The fourth-order valence-electron chi connectivity index (χ4n) is 1.80. The molecular formula is C13H15N3S2. The summed E-state index contributed by atoms with van der Waals surface area (Å²) in [5, 5.41) is 11.8. The van der Waals surface area contributed by atoms with Crippen LogP contribution in [0.2, 0.25) is 0 Å². The van der Waals surface area contributed by atoms with Crippen LogP contribution < -0.4 is 0 Å².